The van der Waals surface area contributed by atoms with Crippen molar-refractivity contribution < 1.29 is 8.42 Å². The second-order valence-electron chi connectivity index (χ2n) is 2.72. The molecule has 0 heterocycles. The van der Waals surface area contributed by atoms with Crippen LogP contribution in [0, 0.1) is 0 Å². The molecule has 5 heteroatoms. The number of sulfonamides is 1. The Labute approximate surface area is 83.6 Å². The van der Waals surface area contributed by atoms with Gasteiger partial charge in [-0.1, -0.05) is 18.2 Å². The molecule has 0 bridgehead atoms. The molecule has 0 atom stereocenters. The van der Waals surface area contributed by atoms with Gasteiger partial charge in [0.05, 0.1) is 6.26 Å². The molecule has 0 radical (unpaired) electrons. The predicted molar refractivity (Wildman–Crippen MR) is 55.4 cm³/mol. The smallest absolute Gasteiger partial charge is 0.209 e. The first-order chi connectivity index (χ1) is 5.99. The summed E-state index contributed by atoms with van der Waals surface area (Å²) in [5.74, 6) is 0. The molecular formula is C8H11NO2S2. The summed E-state index contributed by atoms with van der Waals surface area (Å²) in [6.45, 7) is 0.290. The van der Waals surface area contributed by atoms with Crippen LogP contribution in [0.5, 0.6) is 0 Å². The molecule has 13 heavy (non-hydrogen) atoms. The van der Waals surface area contributed by atoms with Crippen molar-refractivity contribution in [3.8, 4) is 0 Å². The van der Waals surface area contributed by atoms with Gasteiger partial charge in [0.25, 0.3) is 0 Å². The summed E-state index contributed by atoms with van der Waals surface area (Å²) in [7, 11) is -3.12. The third-order valence-electron chi connectivity index (χ3n) is 1.52. The highest BCUT2D eigenvalue weighted by molar-refractivity contribution is 7.88. The van der Waals surface area contributed by atoms with E-state index in [9.17, 15) is 8.42 Å². The number of rotatable bonds is 3. The maximum atomic E-state index is 10.8. The Morgan fingerprint density at radius 2 is 2.00 bits per heavy atom. The van der Waals surface area contributed by atoms with Gasteiger partial charge in [-0.25, -0.2) is 13.1 Å². The van der Waals surface area contributed by atoms with Crippen molar-refractivity contribution in [1.82, 2.24) is 4.72 Å². The molecule has 0 amide bonds. The van der Waals surface area contributed by atoms with E-state index in [1.807, 2.05) is 24.3 Å². The lowest BCUT2D eigenvalue weighted by atomic mass is 10.2. The largest absolute Gasteiger partial charge is 0.213 e. The predicted octanol–water partition coefficient (Wildman–Crippen LogP) is 1.02. The fraction of sp³-hybridized carbons (Fsp3) is 0.250. The standard InChI is InChI=1S/C8H11NO2S2/c1-13(10,11)9-6-7-4-2-3-5-8(7)12/h2-5,9,12H,6H2,1H3. The fourth-order valence-electron chi connectivity index (χ4n) is 0.869. The molecule has 0 spiro atoms. The van der Waals surface area contributed by atoms with E-state index in [1.54, 1.807) is 0 Å². The summed E-state index contributed by atoms with van der Waals surface area (Å²) in [4.78, 5) is 0.790. The third kappa shape index (κ3) is 3.80. The van der Waals surface area contributed by atoms with Crippen LogP contribution in [-0.2, 0) is 16.6 Å². The molecule has 0 aliphatic carbocycles. The normalized spacial score (nSPS) is 11.5. The van der Waals surface area contributed by atoms with Gasteiger partial charge in [0, 0.05) is 11.4 Å². The lowest BCUT2D eigenvalue weighted by Crippen LogP contribution is -2.21. The minimum Gasteiger partial charge on any atom is -0.213 e. The van der Waals surface area contributed by atoms with E-state index in [1.165, 1.54) is 0 Å². The van der Waals surface area contributed by atoms with E-state index in [2.05, 4.69) is 17.4 Å². The van der Waals surface area contributed by atoms with Gasteiger partial charge < -0.3 is 0 Å². The van der Waals surface area contributed by atoms with Gasteiger partial charge in [-0.15, -0.1) is 12.6 Å². The van der Waals surface area contributed by atoms with Crippen LogP contribution in [0.4, 0.5) is 0 Å². The van der Waals surface area contributed by atoms with E-state index in [-0.39, 0.29) is 0 Å². The SMILES string of the molecule is CS(=O)(=O)NCc1ccccc1S. The molecule has 0 fully saturated rings. The molecule has 0 aliphatic rings. The fourth-order valence-corrected chi connectivity index (χ4v) is 1.53. The highest BCUT2D eigenvalue weighted by Crippen LogP contribution is 2.12. The topological polar surface area (TPSA) is 46.2 Å². The van der Waals surface area contributed by atoms with Crippen molar-refractivity contribution in [2.75, 3.05) is 6.26 Å². The zero-order valence-electron chi connectivity index (χ0n) is 7.19. The van der Waals surface area contributed by atoms with Crippen molar-refractivity contribution in [1.29, 1.82) is 0 Å². The van der Waals surface area contributed by atoms with Crippen LogP contribution in [-0.4, -0.2) is 14.7 Å². The molecule has 1 rings (SSSR count). The molecule has 1 aromatic rings. The first-order valence-corrected chi connectivity index (χ1v) is 6.04. The van der Waals surface area contributed by atoms with E-state index in [4.69, 9.17) is 0 Å². The molecule has 1 N–H and O–H groups in total. The van der Waals surface area contributed by atoms with Gasteiger partial charge in [-0.2, -0.15) is 0 Å². The van der Waals surface area contributed by atoms with Crippen molar-refractivity contribution in [2.24, 2.45) is 0 Å². The molecule has 0 saturated carbocycles. The molecule has 0 unspecified atom stereocenters. The van der Waals surface area contributed by atoms with Crippen LogP contribution in [0.1, 0.15) is 5.56 Å². The van der Waals surface area contributed by atoms with Crippen LogP contribution in [0.15, 0.2) is 29.2 Å². The molecule has 72 valence electrons. The van der Waals surface area contributed by atoms with Gasteiger partial charge >= 0.3 is 0 Å². The quantitative estimate of drug-likeness (QED) is 0.743. The van der Waals surface area contributed by atoms with Crippen LogP contribution in [0.3, 0.4) is 0 Å². The van der Waals surface area contributed by atoms with Crippen molar-refractivity contribution in [3.05, 3.63) is 29.8 Å². The summed E-state index contributed by atoms with van der Waals surface area (Å²) >= 11 is 4.19. The first-order valence-electron chi connectivity index (χ1n) is 3.70. The number of nitrogens with one attached hydrogen (secondary N) is 1. The summed E-state index contributed by atoms with van der Waals surface area (Å²) < 4.78 is 24.0. The average molecular weight is 217 g/mol. The maximum Gasteiger partial charge on any atom is 0.209 e. The Bertz CT molecular complexity index is 387. The molecule has 0 aromatic heterocycles. The zero-order chi connectivity index (χ0) is 9.90. The van der Waals surface area contributed by atoms with Crippen LogP contribution in [0.25, 0.3) is 0 Å². The van der Waals surface area contributed by atoms with Crippen molar-refractivity contribution in [3.63, 3.8) is 0 Å². The summed E-state index contributed by atoms with van der Waals surface area (Å²) in [5.41, 5.74) is 0.872. The second-order valence-corrected chi connectivity index (χ2v) is 5.04. The summed E-state index contributed by atoms with van der Waals surface area (Å²) in [5, 5.41) is 0. The Kier molecular flexibility index (Phi) is 3.35. The van der Waals surface area contributed by atoms with E-state index >= 15 is 0 Å². The van der Waals surface area contributed by atoms with E-state index in [0.29, 0.717) is 6.54 Å². The number of hydrogen-bond acceptors (Lipinski definition) is 3. The second kappa shape index (κ2) is 4.13. The summed E-state index contributed by atoms with van der Waals surface area (Å²) in [6.07, 6.45) is 1.13. The van der Waals surface area contributed by atoms with Gasteiger partial charge in [0.1, 0.15) is 0 Å². The molecular weight excluding hydrogens is 206 g/mol. The molecule has 3 nitrogen and oxygen atoms in total. The molecule has 0 aliphatic heterocycles. The van der Waals surface area contributed by atoms with Gasteiger partial charge in [-0.05, 0) is 11.6 Å². The highest BCUT2D eigenvalue weighted by Gasteiger charge is 2.02. The lowest BCUT2D eigenvalue weighted by molar-refractivity contribution is 0.587. The number of thiol groups is 1. The Hall–Kier alpha value is -0.520. The summed E-state index contributed by atoms with van der Waals surface area (Å²) in [6, 6.07) is 7.36. The number of hydrogen-bond donors (Lipinski definition) is 2. The Morgan fingerprint density at radius 3 is 2.54 bits per heavy atom. The minimum atomic E-state index is -3.12. The zero-order valence-corrected chi connectivity index (χ0v) is 8.90. The number of benzene rings is 1. The average Bonchev–Trinajstić information content (AvgIpc) is 2.01. The Morgan fingerprint density at radius 1 is 1.38 bits per heavy atom. The lowest BCUT2D eigenvalue weighted by Gasteiger charge is -2.04. The molecule has 1 aromatic carbocycles. The Balaban J connectivity index is 2.71. The molecule has 0 saturated heterocycles. The van der Waals surface area contributed by atoms with Crippen molar-refractivity contribution in [2.45, 2.75) is 11.4 Å². The first kappa shape index (κ1) is 10.6. The maximum absolute atomic E-state index is 10.8. The van der Waals surface area contributed by atoms with Crippen LogP contribution < -0.4 is 4.72 Å². The van der Waals surface area contributed by atoms with E-state index in [0.717, 1.165) is 16.7 Å². The van der Waals surface area contributed by atoms with Gasteiger partial charge in [0.2, 0.25) is 10.0 Å². The van der Waals surface area contributed by atoms with E-state index < -0.39 is 10.0 Å². The monoisotopic (exact) mass is 217 g/mol. The highest BCUT2D eigenvalue weighted by atomic mass is 32.2. The third-order valence-corrected chi connectivity index (χ3v) is 2.62. The van der Waals surface area contributed by atoms with Gasteiger partial charge in [0.15, 0.2) is 0 Å². The van der Waals surface area contributed by atoms with Crippen molar-refractivity contribution >= 4 is 22.7 Å². The minimum absolute atomic E-state index is 0.290. The van der Waals surface area contributed by atoms with Crippen LogP contribution in [0.2, 0.25) is 0 Å². The van der Waals surface area contributed by atoms with Gasteiger partial charge in [-0.3, -0.25) is 0 Å². The van der Waals surface area contributed by atoms with Crippen LogP contribution >= 0.6 is 12.6 Å².